The van der Waals surface area contributed by atoms with Gasteiger partial charge in [0.05, 0.1) is 9.95 Å². The lowest BCUT2D eigenvalue weighted by molar-refractivity contribution is -0.385. The van der Waals surface area contributed by atoms with Crippen molar-refractivity contribution in [1.29, 1.82) is 0 Å². The van der Waals surface area contributed by atoms with Crippen molar-refractivity contribution in [3.05, 3.63) is 63.2 Å². The van der Waals surface area contributed by atoms with Gasteiger partial charge in [0.1, 0.15) is 4.90 Å². The van der Waals surface area contributed by atoms with Gasteiger partial charge in [-0.25, -0.2) is 8.42 Å². The third kappa shape index (κ3) is 5.04. The van der Waals surface area contributed by atoms with Crippen molar-refractivity contribution in [2.45, 2.75) is 30.6 Å². The summed E-state index contributed by atoms with van der Waals surface area (Å²) in [6, 6.07) is 9.27. The number of rotatable bonds is 5. The summed E-state index contributed by atoms with van der Waals surface area (Å²) in [5.74, 6) is -0.0805. The van der Waals surface area contributed by atoms with E-state index in [1.165, 1.54) is 12.1 Å². The molecule has 0 atom stereocenters. The molecule has 1 fully saturated rings. The molecule has 2 aromatic rings. The molecule has 29 heavy (non-hydrogen) atoms. The molecule has 1 saturated heterocycles. The number of benzene rings is 2. The van der Waals surface area contributed by atoms with Crippen molar-refractivity contribution in [2.24, 2.45) is 0 Å². The number of amides is 1. The second-order valence-corrected chi connectivity index (χ2v) is 8.82. The van der Waals surface area contributed by atoms with Crippen molar-refractivity contribution >= 4 is 38.9 Å². The summed E-state index contributed by atoms with van der Waals surface area (Å²) in [5.41, 5.74) is 0.316. The van der Waals surface area contributed by atoms with Crippen LogP contribution in [-0.2, 0) is 10.0 Å². The van der Waals surface area contributed by atoms with E-state index in [1.807, 2.05) is 4.90 Å². The predicted molar refractivity (Wildman–Crippen MR) is 110 cm³/mol. The Kier molecular flexibility index (Phi) is 6.39. The van der Waals surface area contributed by atoms with Gasteiger partial charge < -0.3 is 4.90 Å². The van der Waals surface area contributed by atoms with E-state index >= 15 is 0 Å². The van der Waals surface area contributed by atoms with E-state index in [9.17, 15) is 23.3 Å². The number of nitrogens with one attached hydrogen (secondary N) is 1. The Hall–Kier alpha value is -2.65. The van der Waals surface area contributed by atoms with Gasteiger partial charge in [-0.2, -0.15) is 0 Å². The molecule has 0 unspecified atom stereocenters. The highest BCUT2D eigenvalue weighted by Crippen LogP contribution is 2.28. The summed E-state index contributed by atoms with van der Waals surface area (Å²) in [7, 11) is -4.14. The Morgan fingerprint density at radius 2 is 1.66 bits per heavy atom. The van der Waals surface area contributed by atoms with E-state index in [0.29, 0.717) is 5.56 Å². The minimum atomic E-state index is -4.14. The maximum absolute atomic E-state index is 12.6. The smallest absolute Gasteiger partial charge is 0.270 e. The second kappa shape index (κ2) is 8.79. The van der Waals surface area contributed by atoms with Gasteiger partial charge in [-0.15, -0.1) is 0 Å². The lowest BCUT2D eigenvalue weighted by Crippen LogP contribution is -2.31. The van der Waals surface area contributed by atoms with Gasteiger partial charge in [0.2, 0.25) is 0 Å². The van der Waals surface area contributed by atoms with Crippen LogP contribution in [0.3, 0.4) is 0 Å². The normalized spacial score (nSPS) is 14.9. The number of sulfonamides is 1. The number of nitrogens with zero attached hydrogens (tertiary/aromatic N) is 2. The zero-order valence-electron chi connectivity index (χ0n) is 15.5. The SMILES string of the molecule is O=C(c1ccc(NS(=O)(=O)c2cc([N+](=O)[O-])ccc2Cl)cc1)N1CCCCCC1. The molecule has 1 heterocycles. The average molecular weight is 438 g/mol. The number of anilines is 1. The number of carbonyl (C=O) groups excluding carboxylic acids is 1. The highest BCUT2D eigenvalue weighted by molar-refractivity contribution is 7.92. The first kappa shape index (κ1) is 21.1. The van der Waals surface area contributed by atoms with Crippen molar-refractivity contribution < 1.29 is 18.1 Å². The molecule has 0 spiro atoms. The van der Waals surface area contributed by atoms with Gasteiger partial charge in [0, 0.05) is 36.5 Å². The Balaban J connectivity index is 1.77. The Bertz CT molecular complexity index is 1020. The summed E-state index contributed by atoms with van der Waals surface area (Å²) in [4.78, 5) is 24.3. The van der Waals surface area contributed by atoms with E-state index < -0.39 is 19.8 Å². The fraction of sp³-hybridized carbons (Fsp3) is 0.316. The number of carbonyl (C=O) groups is 1. The third-order valence-corrected chi connectivity index (χ3v) is 6.56. The molecule has 1 N–H and O–H groups in total. The van der Waals surface area contributed by atoms with Crippen LogP contribution in [0.1, 0.15) is 36.0 Å². The van der Waals surface area contributed by atoms with Crippen LogP contribution in [-0.4, -0.2) is 37.2 Å². The number of nitro groups is 1. The highest BCUT2D eigenvalue weighted by atomic mass is 35.5. The molecule has 0 aromatic heterocycles. The average Bonchev–Trinajstić information content (AvgIpc) is 2.97. The molecule has 10 heteroatoms. The van der Waals surface area contributed by atoms with Crippen LogP contribution in [0.4, 0.5) is 11.4 Å². The summed E-state index contributed by atoms with van der Waals surface area (Å²) < 4.78 is 27.6. The molecular formula is C19H20ClN3O5S. The van der Waals surface area contributed by atoms with Gasteiger partial charge in [0.25, 0.3) is 21.6 Å². The minimum Gasteiger partial charge on any atom is -0.339 e. The third-order valence-electron chi connectivity index (χ3n) is 4.69. The summed E-state index contributed by atoms with van der Waals surface area (Å²) in [6.07, 6.45) is 4.19. The maximum Gasteiger partial charge on any atom is 0.270 e. The number of nitro benzene ring substituents is 1. The zero-order chi connectivity index (χ0) is 21.0. The molecule has 3 rings (SSSR count). The first-order valence-corrected chi connectivity index (χ1v) is 11.0. The van der Waals surface area contributed by atoms with E-state index in [4.69, 9.17) is 11.6 Å². The first-order chi connectivity index (χ1) is 13.8. The van der Waals surface area contributed by atoms with Crippen LogP contribution in [0.2, 0.25) is 5.02 Å². The maximum atomic E-state index is 12.6. The minimum absolute atomic E-state index is 0.0805. The molecule has 1 aliphatic heterocycles. The second-order valence-electron chi connectivity index (χ2n) is 6.76. The summed E-state index contributed by atoms with van der Waals surface area (Å²) >= 11 is 5.93. The quantitative estimate of drug-likeness (QED) is 0.560. The Labute approximate surface area is 173 Å². The van der Waals surface area contributed by atoms with E-state index in [1.54, 1.807) is 12.1 Å². The molecule has 0 radical (unpaired) electrons. The van der Waals surface area contributed by atoms with Crippen molar-refractivity contribution in [2.75, 3.05) is 17.8 Å². The number of hydrogen-bond donors (Lipinski definition) is 1. The largest absolute Gasteiger partial charge is 0.339 e. The van der Waals surface area contributed by atoms with Gasteiger partial charge >= 0.3 is 0 Å². The molecule has 1 amide bonds. The molecule has 154 valence electrons. The van der Waals surface area contributed by atoms with Crippen molar-refractivity contribution in [1.82, 2.24) is 4.90 Å². The van der Waals surface area contributed by atoms with Gasteiger partial charge in [-0.05, 0) is 43.2 Å². The molecule has 2 aromatic carbocycles. The summed E-state index contributed by atoms with van der Waals surface area (Å²) in [6.45, 7) is 1.44. The molecule has 8 nitrogen and oxygen atoms in total. The van der Waals surface area contributed by atoms with E-state index in [2.05, 4.69) is 4.72 Å². The van der Waals surface area contributed by atoms with Crippen LogP contribution < -0.4 is 4.72 Å². The fourth-order valence-corrected chi connectivity index (χ4v) is 4.74. The predicted octanol–water partition coefficient (Wildman–Crippen LogP) is 4.07. The van der Waals surface area contributed by atoms with Crippen LogP contribution in [0, 0.1) is 10.1 Å². The molecule has 0 aliphatic carbocycles. The zero-order valence-corrected chi connectivity index (χ0v) is 17.1. The van der Waals surface area contributed by atoms with Gasteiger partial charge in [-0.3, -0.25) is 19.6 Å². The number of non-ortho nitro benzene ring substituents is 1. The molecule has 0 saturated carbocycles. The monoisotopic (exact) mass is 437 g/mol. The Morgan fingerprint density at radius 1 is 1.03 bits per heavy atom. The molecular weight excluding hydrogens is 418 g/mol. The number of likely N-dealkylation sites (tertiary alicyclic amines) is 1. The lowest BCUT2D eigenvalue weighted by Gasteiger charge is -2.20. The number of halogens is 1. The van der Waals surface area contributed by atoms with Crippen LogP contribution >= 0.6 is 11.6 Å². The van der Waals surface area contributed by atoms with Crippen molar-refractivity contribution in [3.63, 3.8) is 0 Å². The topological polar surface area (TPSA) is 110 Å². The standard InChI is InChI=1S/C19H20ClN3O5S/c20-17-10-9-16(23(25)26)13-18(17)29(27,28)21-15-7-5-14(6-8-15)19(24)22-11-3-1-2-4-12-22/h5-10,13,21H,1-4,11-12H2. The van der Waals surface area contributed by atoms with Crippen LogP contribution in [0.15, 0.2) is 47.4 Å². The Morgan fingerprint density at radius 3 is 2.24 bits per heavy atom. The first-order valence-electron chi connectivity index (χ1n) is 9.14. The number of hydrogen-bond acceptors (Lipinski definition) is 5. The van der Waals surface area contributed by atoms with E-state index in [0.717, 1.165) is 57.0 Å². The fourth-order valence-electron chi connectivity index (χ4n) is 3.16. The van der Waals surface area contributed by atoms with Crippen molar-refractivity contribution in [3.8, 4) is 0 Å². The molecule has 1 aliphatic rings. The van der Waals surface area contributed by atoms with E-state index in [-0.39, 0.29) is 22.3 Å². The van der Waals surface area contributed by atoms with Gasteiger partial charge in [-0.1, -0.05) is 24.4 Å². The lowest BCUT2D eigenvalue weighted by atomic mass is 10.2. The molecule has 0 bridgehead atoms. The van der Waals surface area contributed by atoms with Crippen LogP contribution in [0.5, 0.6) is 0 Å². The van der Waals surface area contributed by atoms with Gasteiger partial charge in [0.15, 0.2) is 0 Å². The highest BCUT2D eigenvalue weighted by Gasteiger charge is 2.22. The van der Waals surface area contributed by atoms with Crippen LogP contribution in [0.25, 0.3) is 0 Å². The summed E-state index contributed by atoms with van der Waals surface area (Å²) in [5, 5.41) is 10.8.